The third kappa shape index (κ3) is 6.42. The first-order valence-corrected chi connectivity index (χ1v) is 10.3. The van der Waals surface area contributed by atoms with E-state index in [4.69, 9.17) is 9.73 Å². The molecule has 2 N–H and O–H groups in total. The summed E-state index contributed by atoms with van der Waals surface area (Å²) in [4.78, 5) is 9.05. The van der Waals surface area contributed by atoms with Gasteiger partial charge in [-0.1, -0.05) is 34.1 Å². The number of aromatic nitrogens is 1. The Balaban J connectivity index is 0.00000280. The van der Waals surface area contributed by atoms with Crippen molar-refractivity contribution < 1.29 is 4.74 Å². The molecule has 2 aromatic rings. The number of nitrogens with zero attached hydrogens (tertiary/aromatic N) is 2. The molecule has 0 bridgehead atoms. The Bertz CT molecular complexity index is 734. The second-order valence-corrected chi connectivity index (χ2v) is 7.69. The largest absolute Gasteiger partial charge is 0.381 e. The summed E-state index contributed by atoms with van der Waals surface area (Å²) in [5.74, 6) is 0.825. The smallest absolute Gasteiger partial charge is 0.191 e. The highest BCUT2D eigenvalue weighted by atomic mass is 127. The number of rotatable bonds is 6. The molecule has 152 valence electrons. The Morgan fingerprint density at radius 3 is 2.54 bits per heavy atom. The van der Waals surface area contributed by atoms with Gasteiger partial charge in [-0.25, -0.2) is 4.99 Å². The fraction of sp³-hybridized carbons (Fsp3) is 0.429. The second kappa shape index (κ2) is 11.7. The monoisotopic (exact) mass is 558 g/mol. The van der Waals surface area contributed by atoms with Crippen molar-refractivity contribution in [2.24, 2.45) is 4.99 Å². The van der Waals surface area contributed by atoms with Crippen molar-refractivity contribution in [1.82, 2.24) is 15.6 Å². The SMILES string of the molecule is CCNC(=NCc1ccccn1)NCC1(c2ccc(Br)cc2)CCOCC1.I. The molecule has 1 aromatic heterocycles. The predicted octanol–water partition coefficient (Wildman–Crippen LogP) is 4.27. The van der Waals surface area contributed by atoms with Crippen molar-refractivity contribution in [3.8, 4) is 0 Å². The van der Waals surface area contributed by atoms with Crippen LogP contribution < -0.4 is 10.6 Å². The number of nitrogens with one attached hydrogen (secondary N) is 2. The van der Waals surface area contributed by atoms with E-state index in [0.717, 1.165) is 55.3 Å². The minimum absolute atomic E-state index is 0. The standard InChI is InChI=1S/C21H27BrN4O.HI/c1-2-23-20(25-15-19-5-3-4-12-24-19)26-16-21(10-13-27-14-11-21)17-6-8-18(22)9-7-17;/h3-9,12H,2,10-11,13-16H2,1H3,(H2,23,25,26);1H. The number of halogens is 2. The zero-order valence-electron chi connectivity index (χ0n) is 16.2. The van der Waals surface area contributed by atoms with Crippen LogP contribution in [0.25, 0.3) is 0 Å². The molecular weight excluding hydrogens is 531 g/mol. The lowest BCUT2D eigenvalue weighted by Crippen LogP contribution is -2.48. The molecule has 1 aromatic carbocycles. The van der Waals surface area contributed by atoms with Crippen molar-refractivity contribution in [2.45, 2.75) is 31.7 Å². The van der Waals surface area contributed by atoms with Crippen LogP contribution in [0.4, 0.5) is 0 Å². The van der Waals surface area contributed by atoms with Crippen molar-refractivity contribution in [3.05, 3.63) is 64.4 Å². The molecule has 3 rings (SSSR count). The van der Waals surface area contributed by atoms with Crippen molar-refractivity contribution in [1.29, 1.82) is 0 Å². The summed E-state index contributed by atoms with van der Waals surface area (Å²) in [6.07, 6.45) is 3.80. The lowest BCUT2D eigenvalue weighted by Gasteiger charge is -2.38. The van der Waals surface area contributed by atoms with E-state index in [9.17, 15) is 0 Å². The highest BCUT2D eigenvalue weighted by Gasteiger charge is 2.34. The number of hydrogen-bond acceptors (Lipinski definition) is 3. The average molecular weight is 559 g/mol. The maximum absolute atomic E-state index is 5.64. The summed E-state index contributed by atoms with van der Waals surface area (Å²) < 4.78 is 6.74. The first-order chi connectivity index (χ1) is 13.2. The normalized spacial score (nSPS) is 16.1. The van der Waals surface area contributed by atoms with E-state index in [-0.39, 0.29) is 29.4 Å². The van der Waals surface area contributed by atoms with Crippen LogP contribution in [-0.4, -0.2) is 37.2 Å². The third-order valence-corrected chi connectivity index (χ3v) is 5.50. The van der Waals surface area contributed by atoms with Gasteiger partial charge in [-0.05, 0) is 49.6 Å². The van der Waals surface area contributed by atoms with Crippen LogP contribution in [0.1, 0.15) is 31.0 Å². The quantitative estimate of drug-likeness (QED) is 0.316. The van der Waals surface area contributed by atoms with E-state index in [1.807, 2.05) is 18.2 Å². The van der Waals surface area contributed by atoms with Gasteiger partial charge in [0, 0.05) is 42.4 Å². The number of aliphatic imine (C=N–C) groups is 1. The zero-order valence-corrected chi connectivity index (χ0v) is 20.1. The molecule has 1 fully saturated rings. The van der Waals surface area contributed by atoms with Crippen LogP contribution in [-0.2, 0) is 16.7 Å². The van der Waals surface area contributed by atoms with Gasteiger partial charge in [-0.2, -0.15) is 0 Å². The van der Waals surface area contributed by atoms with Crippen LogP contribution in [0.5, 0.6) is 0 Å². The molecule has 1 aliphatic heterocycles. The van der Waals surface area contributed by atoms with E-state index in [1.165, 1.54) is 5.56 Å². The van der Waals surface area contributed by atoms with Crippen molar-refractivity contribution in [2.75, 3.05) is 26.3 Å². The molecule has 0 spiro atoms. The number of guanidine groups is 1. The summed E-state index contributed by atoms with van der Waals surface area (Å²) in [7, 11) is 0. The first kappa shape index (κ1) is 23.1. The maximum Gasteiger partial charge on any atom is 0.191 e. The van der Waals surface area contributed by atoms with Crippen LogP contribution in [0.3, 0.4) is 0 Å². The first-order valence-electron chi connectivity index (χ1n) is 9.48. The topological polar surface area (TPSA) is 58.5 Å². The van der Waals surface area contributed by atoms with Gasteiger partial charge in [-0.3, -0.25) is 4.98 Å². The summed E-state index contributed by atoms with van der Waals surface area (Å²) >= 11 is 3.54. The van der Waals surface area contributed by atoms with Gasteiger partial charge in [0.15, 0.2) is 5.96 Å². The lowest BCUT2D eigenvalue weighted by atomic mass is 9.74. The van der Waals surface area contributed by atoms with E-state index in [1.54, 1.807) is 6.20 Å². The Morgan fingerprint density at radius 1 is 1.14 bits per heavy atom. The van der Waals surface area contributed by atoms with Gasteiger partial charge in [0.05, 0.1) is 12.2 Å². The third-order valence-electron chi connectivity index (χ3n) is 4.97. The number of pyridine rings is 1. The maximum atomic E-state index is 5.64. The zero-order chi connectivity index (χ0) is 19.0. The van der Waals surface area contributed by atoms with Crippen LogP contribution in [0.2, 0.25) is 0 Å². The van der Waals surface area contributed by atoms with Crippen molar-refractivity contribution >= 4 is 45.9 Å². The van der Waals surface area contributed by atoms with Gasteiger partial charge < -0.3 is 15.4 Å². The van der Waals surface area contributed by atoms with Crippen LogP contribution in [0.15, 0.2) is 58.1 Å². The van der Waals surface area contributed by atoms with Crippen LogP contribution >= 0.6 is 39.9 Å². The number of benzene rings is 1. The van der Waals surface area contributed by atoms with Crippen molar-refractivity contribution in [3.63, 3.8) is 0 Å². The Hall–Kier alpha value is -1.19. The second-order valence-electron chi connectivity index (χ2n) is 6.77. The van der Waals surface area contributed by atoms with Gasteiger partial charge in [-0.15, -0.1) is 24.0 Å². The van der Waals surface area contributed by atoms with E-state index < -0.39 is 0 Å². The number of ether oxygens (including phenoxy) is 1. The molecule has 1 aliphatic rings. The summed E-state index contributed by atoms with van der Waals surface area (Å²) in [6, 6.07) is 14.6. The molecule has 0 aliphatic carbocycles. The van der Waals surface area contributed by atoms with Gasteiger partial charge in [0.25, 0.3) is 0 Å². The minimum Gasteiger partial charge on any atom is -0.381 e. The molecule has 1 saturated heterocycles. The fourth-order valence-electron chi connectivity index (χ4n) is 3.38. The summed E-state index contributed by atoms with van der Waals surface area (Å²) in [5.41, 5.74) is 2.37. The van der Waals surface area contributed by atoms with E-state index in [0.29, 0.717) is 6.54 Å². The molecule has 0 atom stereocenters. The minimum atomic E-state index is 0. The molecule has 28 heavy (non-hydrogen) atoms. The van der Waals surface area contributed by atoms with Gasteiger partial charge >= 0.3 is 0 Å². The average Bonchev–Trinajstić information content (AvgIpc) is 2.72. The lowest BCUT2D eigenvalue weighted by molar-refractivity contribution is 0.0514. The predicted molar refractivity (Wildman–Crippen MR) is 128 cm³/mol. The summed E-state index contributed by atoms with van der Waals surface area (Å²) in [6.45, 7) is 5.87. The highest BCUT2D eigenvalue weighted by Crippen LogP contribution is 2.34. The Labute approximate surface area is 192 Å². The molecule has 0 amide bonds. The summed E-state index contributed by atoms with van der Waals surface area (Å²) in [5, 5.41) is 6.90. The van der Waals surface area contributed by atoms with Gasteiger partial charge in [0.1, 0.15) is 0 Å². The van der Waals surface area contributed by atoms with Gasteiger partial charge in [0.2, 0.25) is 0 Å². The molecule has 0 unspecified atom stereocenters. The Morgan fingerprint density at radius 2 is 1.89 bits per heavy atom. The van der Waals surface area contributed by atoms with E-state index in [2.05, 4.69) is 62.7 Å². The number of hydrogen-bond donors (Lipinski definition) is 2. The van der Waals surface area contributed by atoms with Crippen LogP contribution in [0, 0.1) is 0 Å². The molecule has 2 heterocycles. The molecule has 5 nitrogen and oxygen atoms in total. The van der Waals surface area contributed by atoms with E-state index >= 15 is 0 Å². The molecule has 0 saturated carbocycles. The molecule has 0 radical (unpaired) electrons. The molecular formula is C21H28BrIN4O. The molecule has 7 heteroatoms. The Kier molecular flexibility index (Phi) is 9.67. The fourth-order valence-corrected chi connectivity index (χ4v) is 3.64. The highest BCUT2D eigenvalue weighted by molar-refractivity contribution is 14.0.